The van der Waals surface area contributed by atoms with Crippen LogP contribution in [0.1, 0.15) is 31.7 Å². The highest BCUT2D eigenvalue weighted by Gasteiger charge is 2.19. The fraction of sp³-hybridized carbons (Fsp3) is 0.556. The van der Waals surface area contributed by atoms with Crippen LogP contribution in [0.3, 0.4) is 0 Å². The third kappa shape index (κ3) is 6.02. The van der Waals surface area contributed by atoms with Crippen LogP contribution in [-0.4, -0.2) is 54.3 Å². The van der Waals surface area contributed by atoms with E-state index in [1.807, 2.05) is 30.3 Å². The van der Waals surface area contributed by atoms with Crippen LogP contribution in [0.25, 0.3) is 0 Å². The lowest BCUT2D eigenvalue weighted by atomic mass is 10.1. The van der Waals surface area contributed by atoms with Crippen molar-refractivity contribution in [1.29, 1.82) is 0 Å². The van der Waals surface area contributed by atoms with Gasteiger partial charge in [0.2, 0.25) is 11.8 Å². The molecular weight excluding hydrogens is 290 g/mol. The molecule has 2 rings (SSSR count). The molecule has 0 radical (unpaired) electrons. The van der Waals surface area contributed by atoms with Gasteiger partial charge in [0.15, 0.2) is 0 Å². The van der Waals surface area contributed by atoms with E-state index in [-0.39, 0.29) is 17.9 Å². The largest absolute Gasteiger partial charge is 0.352 e. The molecule has 1 aliphatic rings. The molecule has 126 valence electrons. The number of piperidine rings is 1. The van der Waals surface area contributed by atoms with Gasteiger partial charge in [-0.15, -0.1) is 0 Å². The molecule has 0 unspecified atom stereocenters. The van der Waals surface area contributed by atoms with Gasteiger partial charge in [-0.05, 0) is 32.0 Å². The van der Waals surface area contributed by atoms with Gasteiger partial charge >= 0.3 is 0 Å². The number of carbonyl (C=O) groups is 2. The molecule has 23 heavy (non-hydrogen) atoms. The van der Waals surface area contributed by atoms with Crippen molar-refractivity contribution in [1.82, 2.24) is 15.1 Å². The first-order valence-electron chi connectivity index (χ1n) is 8.32. The Hall–Kier alpha value is -1.88. The van der Waals surface area contributed by atoms with Crippen LogP contribution in [0.4, 0.5) is 0 Å². The molecule has 2 amide bonds. The quantitative estimate of drug-likeness (QED) is 0.868. The van der Waals surface area contributed by atoms with E-state index in [9.17, 15) is 9.59 Å². The second-order valence-corrected chi connectivity index (χ2v) is 6.35. The van der Waals surface area contributed by atoms with Gasteiger partial charge in [-0.25, -0.2) is 0 Å². The number of likely N-dealkylation sites (tertiary alicyclic amines) is 1. The Labute approximate surface area is 138 Å². The zero-order valence-electron chi connectivity index (χ0n) is 14.1. The van der Waals surface area contributed by atoms with Crippen molar-refractivity contribution >= 4 is 11.8 Å². The molecule has 0 bridgehead atoms. The fourth-order valence-corrected chi connectivity index (χ4v) is 2.97. The number of likely N-dealkylation sites (N-methyl/N-ethyl adjacent to an activating group) is 1. The Morgan fingerprint density at radius 2 is 2.04 bits per heavy atom. The normalized spacial score (nSPS) is 18.4. The van der Waals surface area contributed by atoms with E-state index in [0.717, 1.165) is 31.5 Å². The highest BCUT2D eigenvalue weighted by molar-refractivity contribution is 5.78. The van der Waals surface area contributed by atoms with Gasteiger partial charge in [-0.3, -0.25) is 9.59 Å². The third-order valence-electron chi connectivity index (χ3n) is 4.26. The minimum Gasteiger partial charge on any atom is -0.352 e. The molecule has 1 fully saturated rings. The summed E-state index contributed by atoms with van der Waals surface area (Å²) in [5.74, 6) is 0.0312. The molecule has 1 saturated heterocycles. The maximum atomic E-state index is 12.1. The fourth-order valence-electron chi connectivity index (χ4n) is 2.97. The molecule has 1 heterocycles. The summed E-state index contributed by atoms with van der Waals surface area (Å²) in [6.45, 7) is 4.57. The van der Waals surface area contributed by atoms with Crippen LogP contribution < -0.4 is 5.32 Å². The lowest BCUT2D eigenvalue weighted by molar-refractivity contribution is -0.130. The van der Waals surface area contributed by atoms with Crippen LogP contribution in [0.5, 0.6) is 0 Å². The molecule has 1 N–H and O–H groups in total. The van der Waals surface area contributed by atoms with E-state index < -0.39 is 0 Å². The van der Waals surface area contributed by atoms with Crippen LogP contribution in [0, 0.1) is 0 Å². The van der Waals surface area contributed by atoms with E-state index >= 15 is 0 Å². The van der Waals surface area contributed by atoms with Crippen molar-refractivity contribution in [3.8, 4) is 0 Å². The van der Waals surface area contributed by atoms with Gasteiger partial charge in [0.25, 0.3) is 0 Å². The summed E-state index contributed by atoms with van der Waals surface area (Å²) in [6, 6.07) is 10.1. The van der Waals surface area contributed by atoms with Crippen molar-refractivity contribution in [2.24, 2.45) is 0 Å². The Morgan fingerprint density at radius 3 is 2.70 bits per heavy atom. The maximum Gasteiger partial charge on any atom is 0.222 e. The predicted octanol–water partition coefficient (Wildman–Crippen LogP) is 1.64. The van der Waals surface area contributed by atoms with Crippen molar-refractivity contribution < 1.29 is 9.59 Å². The smallest absolute Gasteiger partial charge is 0.222 e. The van der Waals surface area contributed by atoms with Crippen LogP contribution in [-0.2, 0) is 16.1 Å². The van der Waals surface area contributed by atoms with Gasteiger partial charge in [0, 0.05) is 39.0 Å². The SMILES string of the molecule is CC(=O)N(CCC(=O)N[C@@H]1CCCN(C)C1)Cc1ccccc1. The highest BCUT2D eigenvalue weighted by Crippen LogP contribution is 2.09. The molecule has 0 aliphatic carbocycles. The molecule has 5 heteroatoms. The molecular formula is C18H27N3O2. The first-order valence-corrected chi connectivity index (χ1v) is 8.32. The van der Waals surface area contributed by atoms with Crippen LogP contribution in [0.15, 0.2) is 30.3 Å². The summed E-state index contributed by atoms with van der Waals surface area (Å²) in [5, 5.41) is 3.09. The third-order valence-corrected chi connectivity index (χ3v) is 4.26. The summed E-state index contributed by atoms with van der Waals surface area (Å²) in [5.41, 5.74) is 1.08. The van der Waals surface area contributed by atoms with Gasteiger partial charge in [-0.2, -0.15) is 0 Å². The minimum atomic E-state index is -0.000877. The Morgan fingerprint density at radius 1 is 1.30 bits per heavy atom. The number of amides is 2. The van der Waals surface area contributed by atoms with Crippen molar-refractivity contribution in [3.05, 3.63) is 35.9 Å². The number of carbonyl (C=O) groups excluding carboxylic acids is 2. The Bertz CT molecular complexity index is 518. The summed E-state index contributed by atoms with van der Waals surface area (Å²) in [6.07, 6.45) is 2.51. The minimum absolute atomic E-state index is 0.000877. The summed E-state index contributed by atoms with van der Waals surface area (Å²) in [4.78, 5) is 27.9. The van der Waals surface area contributed by atoms with Crippen LogP contribution >= 0.6 is 0 Å². The van der Waals surface area contributed by atoms with Gasteiger partial charge in [0.1, 0.15) is 0 Å². The molecule has 1 aromatic rings. The predicted molar refractivity (Wildman–Crippen MR) is 90.8 cm³/mol. The van der Waals surface area contributed by atoms with E-state index in [1.165, 1.54) is 0 Å². The number of benzene rings is 1. The zero-order valence-corrected chi connectivity index (χ0v) is 14.1. The van der Waals surface area contributed by atoms with E-state index in [4.69, 9.17) is 0 Å². The maximum absolute atomic E-state index is 12.1. The second-order valence-electron chi connectivity index (χ2n) is 6.35. The summed E-state index contributed by atoms with van der Waals surface area (Å²) < 4.78 is 0. The molecule has 0 spiro atoms. The monoisotopic (exact) mass is 317 g/mol. The number of rotatable bonds is 6. The first-order chi connectivity index (χ1) is 11.0. The number of nitrogens with one attached hydrogen (secondary N) is 1. The number of nitrogens with zero attached hydrogens (tertiary/aromatic N) is 2. The topological polar surface area (TPSA) is 52.7 Å². The molecule has 1 atom stereocenters. The standard InChI is InChI=1S/C18H27N3O2/c1-15(22)21(13-16-7-4-3-5-8-16)12-10-18(23)19-17-9-6-11-20(2)14-17/h3-5,7-8,17H,6,9-14H2,1-2H3,(H,19,23)/t17-/m1/s1. The lowest BCUT2D eigenvalue weighted by Crippen LogP contribution is -2.46. The molecule has 0 aromatic heterocycles. The average molecular weight is 317 g/mol. The Kier molecular flexibility index (Phi) is 6.59. The van der Waals surface area contributed by atoms with E-state index in [1.54, 1.807) is 11.8 Å². The van der Waals surface area contributed by atoms with Crippen molar-refractivity contribution in [2.75, 3.05) is 26.7 Å². The van der Waals surface area contributed by atoms with Crippen molar-refractivity contribution in [3.63, 3.8) is 0 Å². The zero-order chi connectivity index (χ0) is 16.7. The van der Waals surface area contributed by atoms with Crippen LogP contribution in [0.2, 0.25) is 0 Å². The molecule has 0 saturated carbocycles. The summed E-state index contributed by atoms with van der Waals surface area (Å²) in [7, 11) is 2.08. The van der Waals surface area contributed by atoms with Gasteiger partial charge < -0.3 is 15.1 Å². The number of hydrogen-bond acceptors (Lipinski definition) is 3. The van der Waals surface area contributed by atoms with Gasteiger partial charge in [0.05, 0.1) is 0 Å². The van der Waals surface area contributed by atoms with Gasteiger partial charge in [-0.1, -0.05) is 30.3 Å². The first kappa shape index (κ1) is 17.5. The molecule has 1 aliphatic heterocycles. The molecule has 1 aromatic carbocycles. The Balaban J connectivity index is 1.79. The highest BCUT2D eigenvalue weighted by atomic mass is 16.2. The lowest BCUT2D eigenvalue weighted by Gasteiger charge is -2.30. The van der Waals surface area contributed by atoms with E-state index in [0.29, 0.717) is 19.5 Å². The summed E-state index contributed by atoms with van der Waals surface area (Å²) >= 11 is 0. The average Bonchev–Trinajstić information content (AvgIpc) is 2.52. The second kappa shape index (κ2) is 8.67. The molecule has 5 nitrogen and oxygen atoms in total. The van der Waals surface area contributed by atoms with Crippen molar-refractivity contribution in [2.45, 2.75) is 38.8 Å². The number of hydrogen-bond donors (Lipinski definition) is 1. The van der Waals surface area contributed by atoms with E-state index in [2.05, 4.69) is 17.3 Å².